The first kappa shape index (κ1) is 24.5. The summed E-state index contributed by atoms with van der Waals surface area (Å²) < 4.78 is 12.7. The minimum atomic E-state index is -1.23. The fourth-order valence-electron chi connectivity index (χ4n) is 4.85. The maximum absolute atomic E-state index is 12.5. The van der Waals surface area contributed by atoms with Crippen LogP contribution in [0.5, 0.6) is 5.75 Å². The number of amides is 1. The Bertz CT molecular complexity index is 1330. The molecule has 0 fully saturated rings. The van der Waals surface area contributed by atoms with Gasteiger partial charge in [-0.1, -0.05) is 54.6 Å². The number of hydrogen-bond donors (Lipinski definition) is 3. The highest BCUT2D eigenvalue weighted by Crippen LogP contribution is 2.44. The lowest BCUT2D eigenvalue weighted by molar-refractivity contribution is 0.0185. The number of carbonyl (C=O) groups excluding carboxylic acids is 1. The van der Waals surface area contributed by atoms with Gasteiger partial charge in [-0.3, -0.25) is 4.68 Å². The number of aromatic nitrogens is 2. The van der Waals surface area contributed by atoms with Crippen molar-refractivity contribution in [3.63, 3.8) is 0 Å². The molecule has 8 nitrogen and oxygen atoms in total. The van der Waals surface area contributed by atoms with Crippen molar-refractivity contribution in [2.75, 3.05) is 20.3 Å². The normalized spacial score (nSPS) is 13.9. The summed E-state index contributed by atoms with van der Waals surface area (Å²) >= 11 is 0. The number of methoxy groups -OCH3 is 1. The lowest BCUT2D eigenvalue weighted by Gasteiger charge is -2.20. The molecule has 3 N–H and O–H groups in total. The number of rotatable bonds is 9. The Morgan fingerprint density at radius 1 is 1.03 bits per heavy atom. The summed E-state index contributed by atoms with van der Waals surface area (Å²) in [6.07, 6.45) is 0.421. The van der Waals surface area contributed by atoms with Crippen LogP contribution in [0.2, 0.25) is 0 Å². The van der Waals surface area contributed by atoms with Crippen LogP contribution in [0.3, 0.4) is 0 Å². The van der Waals surface area contributed by atoms with Crippen molar-refractivity contribution in [1.29, 1.82) is 0 Å². The van der Waals surface area contributed by atoms with Crippen molar-refractivity contribution in [1.82, 2.24) is 15.1 Å². The number of aliphatic hydroxyl groups excluding tert-OH is 2. The molecule has 1 amide bonds. The minimum absolute atomic E-state index is 0.0545. The van der Waals surface area contributed by atoms with Gasteiger partial charge in [0.15, 0.2) is 0 Å². The summed E-state index contributed by atoms with van der Waals surface area (Å²) in [4.78, 5) is 12.5. The van der Waals surface area contributed by atoms with Crippen molar-refractivity contribution >= 4 is 6.09 Å². The Morgan fingerprint density at radius 3 is 2.38 bits per heavy atom. The third-order valence-corrected chi connectivity index (χ3v) is 6.70. The lowest BCUT2D eigenvalue weighted by atomic mass is 9.98. The van der Waals surface area contributed by atoms with E-state index in [-0.39, 0.29) is 19.1 Å². The Kier molecular flexibility index (Phi) is 7.20. The van der Waals surface area contributed by atoms with Gasteiger partial charge in [0.2, 0.25) is 0 Å². The molecule has 0 spiro atoms. The molecule has 0 saturated heterocycles. The fourth-order valence-corrected chi connectivity index (χ4v) is 4.85. The monoisotopic (exact) mass is 499 g/mol. The van der Waals surface area contributed by atoms with Gasteiger partial charge in [0.1, 0.15) is 24.6 Å². The van der Waals surface area contributed by atoms with Crippen LogP contribution in [0.15, 0.2) is 85.2 Å². The van der Waals surface area contributed by atoms with E-state index in [2.05, 4.69) is 34.7 Å². The average Bonchev–Trinajstić information content (AvgIpc) is 3.56. The molecule has 0 saturated carbocycles. The molecule has 0 aliphatic heterocycles. The Morgan fingerprint density at radius 2 is 1.73 bits per heavy atom. The van der Waals surface area contributed by atoms with Crippen LogP contribution in [0.1, 0.15) is 34.3 Å². The van der Waals surface area contributed by atoms with E-state index < -0.39 is 18.3 Å². The number of aliphatic hydroxyl groups is 2. The minimum Gasteiger partial charge on any atom is -0.496 e. The largest absolute Gasteiger partial charge is 0.496 e. The first-order valence-electron chi connectivity index (χ1n) is 12.1. The van der Waals surface area contributed by atoms with Crippen molar-refractivity contribution < 1.29 is 24.5 Å². The molecule has 2 atom stereocenters. The van der Waals surface area contributed by atoms with E-state index in [0.29, 0.717) is 17.9 Å². The van der Waals surface area contributed by atoms with Crippen LogP contribution in [-0.2, 0) is 11.3 Å². The van der Waals surface area contributed by atoms with Crippen LogP contribution < -0.4 is 10.1 Å². The zero-order valence-electron chi connectivity index (χ0n) is 20.4. The molecule has 1 heterocycles. The summed E-state index contributed by atoms with van der Waals surface area (Å²) in [6.45, 7) is 0.455. The van der Waals surface area contributed by atoms with Gasteiger partial charge in [0.05, 0.1) is 13.7 Å². The van der Waals surface area contributed by atoms with Crippen molar-refractivity contribution in [2.45, 2.75) is 24.7 Å². The fraction of sp³-hybridized carbons (Fsp3) is 0.241. The van der Waals surface area contributed by atoms with E-state index in [9.17, 15) is 15.0 Å². The van der Waals surface area contributed by atoms with Gasteiger partial charge >= 0.3 is 6.09 Å². The first-order valence-corrected chi connectivity index (χ1v) is 12.1. The number of hydrogen-bond acceptors (Lipinski definition) is 6. The molecular formula is C29H29N3O5. The second kappa shape index (κ2) is 10.9. The Hall–Kier alpha value is -4.14. The molecule has 190 valence electrons. The van der Waals surface area contributed by atoms with Gasteiger partial charge in [-0.15, -0.1) is 0 Å². The molecule has 8 heteroatoms. The first-order chi connectivity index (χ1) is 18.0. The van der Waals surface area contributed by atoms with E-state index in [1.165, 1.54) is 0 Å². The number of fused-ring (bicyclic) bond motifs is 3. The van der Waals surface area contributed by atoms with E-state index >= 15 is 0 Å². The van der Waals surface area contributed by atoms with E-state index in [0.717, 1.165) is 27.8 Å². The van der Waals surface area contributed by atoms with E-state index in [4.69, 9.17) is 9.47 Å². The summed E-state index contributed by atoms with van der Waals surface area (Å²) in [6, 6.07) is 23.2. The molecule has 2 unspecified atom stereocenters. The molecule has 4 aromatic rings. The maximum Gasteiger partial charge on any atom is 0.407 e. The third kappa shape index (κ3) is 5.21. The lowest BCUT2D eigenvalue weighted by Crippen LogP contribution is -2.36. The third-order valence-electron chi connectivity index (χ3n) is 6.70. The summed E-state index contributed by atoms with van der Waals surface area (Å²) in [5.74, 6) is 0.596. The molecule has 0 bridgehead atoms. The Labute approximate surface area is 215 Å². The van der Waals surface area contributed by atoms with Gasteiger partial charge in [-0.25, -0.2) is 4.79 Å². The number of nitrogens with zero attached hydrogens (tertiary/aromatic N) is 2. The highest BCUT2D eigenvalue weighted by Gasteiger charge is 2.29. The molecule has 0 radical (unpaired) electrons. The quantitative estimate of drug-likeness (QED) is 0.323. The van der Waals surface area contributed by atoms with Crippen LogP contribution in [0.25, 0.3) is 11.1 Å². The van der Waals surface area contributed by atoms with Crippen LogP contribution in [0.4, 0.5) is 4.79 Å². The number of benzene rings is 3. The number of nitrogens with one attached hydrogen (secondary N) is 1. The summed E-state index contributed by atoms with van der Waals surface area (Å²) in [5.41, 5.74) is 5.85. The van der Waals surface area contributed by atoms with Crippen LogP contribution >= 0.6 is 0 Å². The topological polar surface area (TPSA) is 106 Å². The zero-order chi connectivity index (χ0) is 25.8. The van der Waals surface area contributed by atoms with E-state index in [1.807, 2.05) is 36.5 Å². The predicted octanol–water partition coefficient (Wildman–Crippen LogP) is 3.87. The highest BCUT2D eigenvalue weighted by molar-refractivity contribution is 5.79. The number of carbonyl (C=O) groups is 1. The van der Waals surface area contributed by atoms with Crippen molar-refractivity contribution in [3.8, 4) is 16.9 Å². The number of ether oxygens (including phenoxy) is 2. The standard InChI is InChI=1S/C29H29N3O5/c1-36-27-12-11-19(15-20(27)17-32-14-6-13-31-32)28(34)26(33)16-30-29(35)37-18-25-23-9-4-2-7-21(23)22-8-3-5-10-24(22)25/h2-15,25-26,28,33-34H,16-18H2,1H3,(H,30,35). The molecule has 37 heavy (non-hydrogen) atoms. The van der Waals surface area contributed by atoms with Gasteiger partial charge in [0, 0.05) is 30.4 Å². The number of alkyl carbamates (subject to hydrolysis) is 1. The van der Waals surface area contributed by atoms with Gasteiger partial charge in [0.25, 0.3) is 0 Å². The molecule has 1 aliphatic carbocycles. The molecule has 3 aromatic carbocycles. The van der Waals surface area contributed by atoms with Crippen molar-refractivity contribution in [2.24, 2.45) is 0 Å². The zero-order valence-corrected chi connectivity index (χ0v) is 20.4. The Balaban J connectivity index is 1.18. The summed E-state index contributed by atoms with van der Waals surface area (Å²) in [5, 5.41) is 28.1. The maximum atomic E-state index is 12.5. The van der Waals surface area contributed by atoms with Crippen LogP contribution in [-0.4, -0.2) is 52.5 Å². The average molecular weight is 500 g/mol. The molecule has 1 aromatic heterocycles. The second-order valence-electron chi connectivity index (χ2n) is 8.99. The van der Waals surface area contributed by atoms with Gasteiger partial charge in [-0.05, 0) is 46.0 Å². The predicted molar refractivity (Wildman–Crippen MR) is 138 cm³/mol. The highest BCUT2D eigenvalue weighted by atomic mass is 16.5. The molecular weight excluding hydrogens is 470 g/mol. The summed E-state index contributed by atoms with van der Waals surface area (Å²) in [7, 11) is 1.57. The van der Waals surface area contributed by atoms with Crippen LogP contribution in [0, 0.1) is 0 Å². The molecule has 5 rings (SSSR count). The van der Waals surface area contributed by atoms with E-state index in [1.54, 1.807) is 36.2 Å². The smallest absolute Gasteiger partial charge is 0.407 e. The van der Waals surface area contributed by atoms with Gasteiger partial charge < -0.3 is 25.0 Å². The van der Waals surface area contributed by atoms with Crippen molar-refractivity contribution in [3.05, 3.63) is 107 Å². The second-order valence-corrected chi connectivity index (χ2v) is 8.99. The SMILES string of the molecule is COc1ccc(C(O)C(O)CNC(=O)OCC2c3ccccc3-c3ccccc32)cc1Cn1cccn1. The molecule has 1 aliphatic rings. The van der Waals surface area contributed by atoms with Gasteiger partial charge in [-0.2, -0.15) is 5.10 Å².